The summed E-state index contributed by atoms with van der Waals surface area (Å²) in [5, 5.41) is 29.0. The maximum Gasteiger partial charge on any atom is 0.311 e. The van der Waals surface area contributed by atoms with E-state index in [-0.39, 0.29) is 48.8 Å². The number of ether oxygens (including phenoxy) is 3. The van der Waals surface area contributed by atoms with Crippen molar-refractivity contribution in [2.45, 2.75) is 137 Å². The lowest BCUT2D eigenvalue weighted by Crippen LogP contribution is -2.29. The van der Waals surface area contributed by atoms with Crippen LogP contribution in [-0.2, 0) is 19.0 Å². The molecule has 2 fully saturated rings. The van der Waals surface area contributed by atoms with Gasteiger partial charge in [-0.1, -0.05) is 54.4 Å². The summed E-state index contributed by atoms with van der Waals surface area (Å²) in [6, 6.07) is 0. The van der Waals surface area contributed by atoms with E-state index in [2.05, 4.69) is 27.7 Å². The van der Waals surface area contributed by atoms with E-state index in [1.807, 2.05) is 34.6 Å². The molecule has 3 N–H and O–H groups in total. The minimum atomic E-state index is -0.485. The van der Waals surface area contributed by atoms with E-state index in [9.17, 15) is 15.0 Å². The number of hydrogen-bond acceptors (Lipinski definition) is 7. The van der Waals surface area contributed by atoms with Crippen molar-refractivity contribution in [1.82, 2.24) is 0 Å². The van der Waals surface area contributed by atoms with Crippen LogP contribution < -0.4 is 0 Å². The first-order valence-corrected chi connectivity index (χ1v) is 14.2. The molecule has 0 spiro atoms. The summed E-state index contributed by atoms with van der Waals surface area (Å²) >= 11 is 0. The van der Waals surface area contributed by atoms with Crippen LogP contribution in [0.3, 0.4) is 0 Å². The third kappa shape index (κ3) is 10.2. The van der Waals surface area contributed by atoms with Gasteiger partial charge in [-0.15, -0.1) is 0 Å². The largest absolute Gasteiger partial charge is 0.465 e. The lowest BCUT2D eigenvalue weighted by Gasteiger charge is -2.19. The highest BCUT2D eigenvalue weighted by Crippen LogP contribution is 2.34. The Hall–Kier alpha value is -0.730. The lowest BCUT2D eigenvalue weighted by atomic mass is 9.91. The van der Waals surface area contributed by atoms with Crippen molar-refractivity contribution in [2.75, 3.05) is 13.2 Å². The molecule has 0 aromatic rings. The highest BCUT2D eigenvalue weighted by molar-refractivity contribution is 5.75. The van der Waals surface area contributed by atoms with Gasteiger partial charge in [-0.2, -0.15) is 0 Å². The predicted molar refractivity (Wildman–Crippen MR) is 143 cm³/mol. The van der Waals surface area contributed by atoms with Gasteiger partial charge in [0.05, 0.1) is 48.6 Å². The average molecular weight is 517 g/mol. The van der Waals surface area contributed by atoms with E-state index >= 15 is 0 Å². The van der Waals surface area contributed by atoms with Crippen molar-refractivity contribution in [3.63, 3.8) is 0 Å². The monoisotopic (exact) mass is 516 g/mol. The zero-order valence-electron chi connectivity index (χ0n) is 24.4. The molecule has 2 aliphatic rings. The molecule has 36 heavy (non-hydrogen) atoms. The molecule has 0 aromatic heterocycles. The number of esters is 1. The maximum absolute atomic E-state index is 11.7. The normalized spacial score (nSPS) is 34.1. The minimum Gasteiger partial charge on any atom is -0.465 e. The highest BCUT2D eigenvalue weighted by Gasteiger charge is 2.41. The number of carbonyl (C=O) groups is 1. The van der Waals surface area contributed by atoms with Crippen molar-refractivity contribution in [1.29, 1.82) is 0 Å². The smallest absolute Gasteiger partial charge is 0.311 e. The molecule has 0 bridgehead atoms. The summed E-state index contributed by atoms with van der Waals surface area (Å²) in [5.41, 5.74) is -0.485. The molecule has 0 saturated carbocycles. The molecule has 7 heteroatoms. The molecule has 2 heterocycles. The molecule has 0 aliphatic carbocycles. The first kappa shape index (κ1) is 33.3. The van der Waals surface area contributed by atoms with Gasteiger partial charge in [0, 0.05) is 24.9 Å². The van der Waals surface area contributed by atoms with Gasteiger partial charge in [-0.05, 0) is 51.9 Å². The molecule has 0 amide bonds. The zero-order chi connectivity index (χ0) is 27.6. The van der Waals surface area contributed by atoms with Gasteiger partial charge in [0.25, 0.3) is 0 Å². The maximum atomic E-state index is 11.7. The number of rotatable bonds is 11. The van der Waals surface area contributed by atoms with Crippen LogP contribution in [-0.4, -0.2) is 71.1 Å². The van der Waals surface area contributed by atoms with E-state index in [1.165, 1.54) is 0 Å². The summed E-state index contributed by atoms with van der Waals surface area (Å²) in [6.07, 6.45) is 4.37. The minimum absolute atomic E-state index is 0.0878. The number of aliphatic hydroxyl groups excluding tert-OH is 3. The first-order chi connectivity index (χ1) is 16.8. The Labute approximate surface area is 220 Å². The van der Waals surface area contributed by atoms with Crippen molar-refractivity contribution in [3.8, 4) is 0 Å². The van der Waals surface area contributed by atoms with Gasteiger partial charge in [0.15, 0.2) is 0 Å². The van der Waals surface area contributed by atoms with Crippen LogP contribution in [0, 0.1) is 29.1 Å². The van der Waals surface area contributed by atoms with Crippen molar-refractivity contribution in [3.05, 3.63) is 0 Å². The number of aliphatic hydroxyl groups is 3. The Morgan fingerprint density at radius 3 is 1.61 bits per heavy atom. The van der Waals surface area contributed by atoms with Crippen LogP contribution in [0.15, 0.2) is 0 Å². The van der Waals surface area contributed by atoms with Crippen LogP contribution in [0.25, 0.3) is 0 Å². The molecular weight excluding hydrogens is 460 g/mol. The highest BCUT2D eigenvalue weighted by atomic mass is 16.5. The van der Waals surface area contributed by atoms with E-state index in [0.29, 0.717) is 31.3 Å². The molecule has 214 valence electrons. The van der Waals surface area contributed by atoms with E-state index in [0.717, 1.165) is 25.7 Å². The molecule has 0 aromatic carbocycles. The van der Waals surface area contributed by atoms with Gasteiger partial charge in [-0.3, -0.25) is 4.79 Å². The van der Waals surface area contributed by atoms with E-state index < -0.39 is 17.6 Å². The summed E-state index contributed by atoms with van der Waals surface area (Å²) < 4.78 is 17.0. The van der Waals surface area contributed by atoms with Crippen LogP contribution in [0.2, 0.25) is 0 Å². The van der Waals surface area contributed by atoms with E-state index in [4.69, 9.17) is 19.3 Å². The lowest BCUT2D eigenvalue weighted by molar-refractivity contribution is -0.154. The average Bonchev–Trinajstić information content (AvgIpc) is 3.23. The summed E-state index contributed by atoms with van der Waals surface area (Å²) in [5.74, 6) is 1.36. The Morgan fingerprint density at radius 2 is 1.25 bits per heavy atom. The van der Waals surface area contributed by atoms with Crippen LogP contribution in [0.5, 0.6) is 0 Å². The molecular formula is C29H56O7. The molecule has 0 radical (unpaired) electrons. The topological polar surface area (TPSA) is 105 Å². The molecule has 2 rings (SSSR count). The van der Waals surface area contributed by atoms with Gasteiger partial charge in [0.2, 0.25) is 0 Å². The number of hydrogen-bond donors (Lipinski definition) is 3. The molecule has 2 saturated heterocycles. The third-order valence-electron chi connectivity index (χ3n) is 8.04. The second kappa shape index (κ2) is 15.6. The number of carbonyl (C=O) groups excluding carboxylic acids is 1. The van der Waals surface area contributed by atoms with Crippen molar-refractivity contribution < 1.29 is 34.3 Å². The third-order valence-corrected chi connectivity index (χ3v) is 8.04. The van der Waals surface area contributed by atoms with Crippen LogP contribution in [0.4, 0.5) is 0 Å². The fourth-order valence-electron chi connectivity index (χ4n) is 4.73. The van der Waals surface area contributed by atoms with Gasteiger partial charge in [0.1, 0.15) is 0 Å². The molecule has 10 atom stereocenters. The predicted octanol–water partition coefficient (Wildman–Crippen LogP) is 4.74. The molecule has 0 unspecified atom stereocenters. The molecule has 7 nitrogen and oxygen atoms in total. The van der Waals surface area contributed by atoms with E-state index in [1.54, 1.807) is 0 Å². The summed E-state index contributed by atoms with van der Waals surface area (Å²) in [6.45, 7) is 18.7. The quantitative estimate of drug-likeness (QED) is 0.341. The van der Waals surface area contributed by atoms with Crippen LogP contribution >= 0.6 is 0 Å². The molecule has 2 aliphatic heterocycles. The summed E-state index contributed by atoms with van der Waals surface area (Å²) in [7, 11) is 0. The van der Waals surface area contributed by atoms with Crippen molar-refractivity contribution in [2.24, 2.45) is 29.1 Å². The Morgan fingerprint density at radius 1 is 0.833 bits per heavy atom. The SMILES string of the molecule is CC[C@@H](C)C[C@H]1O[C@@H](CCO)[C@H](O)[C@H]1C.CC[C@@H](C)C[C@H]1O[C@@H](CCOC(=O)C(C)(C)C)[C@H](O)[C@H]1C. The fraction of sp³-hybridized carbons (Fsp3) is 0.966. The standard InChI is InChI=1S/C17H32O4.C12H24O3/c1-7-11(2)10-14-12(3)15(18)13(21-14)8-9-20-16(19)17(4,5)6;1-4-8(2)7-11-9(3)12(14)10(15-11)5-6-13/h11-15,18H,7-10H2,1-6H3;8-14H,4-7H2,1-3H3/t11-,12+,13+,14-,15-;8-,9+,10+,11-,12-/m11/s1. The first-order valence-electron chi connectivity index (χ1n) is 14.2. The zero-order valence-corrected chi connectivity index (χ0v) is 24.4. The van der Waals surface area contributed by atoms with Crippen LogP contribution in [0.1, 0.15) is 101 Å². The Balaban J connectivity index is 0.000000381. The summed E-state index contributed by atoms with van der Waals surface area (Å²) in [4.78, 5) is 11.7. The second-order valence-electron chi connectivity index (χ2n) is 12.3. The van der Waals surface area contributed by atoms with Gasteiger partial charge in [-0.25, -0.2) is 0 Å². The van der Waals surface area contributed by atoms with Crippen molar-refractivity contribution >= 4 is 5.97 Å². The fourth-order valence-corrected chi connectivity index (χ4v) is 4.73. The Kier molecular flexibility index (Phi) is 14.5. The Bertz CT molecular complexity index is 619. The van der Waals surface area contributed by atoms with Gasteiger partial charge >= 0.3 is 5.97 Å². The second-order valence-corrected chi connectivity index (χ2v) is 12.3. The van der Waals surface area contributed by atoms with Gasteiger partial charge < -0.3 is 29.5 Å².